The number of guanidine groups is 1. The highest BCUT2D eigenvalue weighted by Crippen LogP contribution is 1.99. The van der Waals surface area contributed by atoms with E-state index in [1.165, 1.54) is 0 Å². The minimum atomic E-state index is -0.616. The van der Waals surface area contributed by atoms with Crippen molar-refractivity contribution in [2.75, 3.05) is 6.23 Å². The van der Waals surface area contributed by atoms with E-state index in [9.17, 15) is 0 Å². The van der Waals surface area contributed by atoms with Crippen molar-refractivity contribution in [3.63, 3.8) is 0 Å². The molecule has 1 heterocycles. The summed E-state index contributed by atoms with van der Waals surface area (Å²) in [6.07, 6.45) is 2.23. The van der Waals surface area contributed by atoms with Gasteiger partial charge in [-0.15, -0.1) is 0 Å². The van der Waals surface area contributed by atoms with Gasteiger partial charge in [-0.25, -0.2) is 0 Å². The molecule has 0 bridgehead atoms. The molecule has 2 atom stereocenters. The van der Waals surface area contributed by atoms with Gasteiger partial charge in [-0.2, -0.15) is 0 Å². The van der Waals surface area contributed by atoms with Gasteiger partial charge in [0.15, 0.2) is 5.96 Å². The lowest BCUT2D eigenvalue weighted by molar-refractivity contribution is 0.413. The maximum absolute atomic E-state index is 7.23. The van der Waals surface area contributed by atoms with Gasteiger partial charge in [-0.3, -0.25) is 5.41 Å². The van der Waals surface area contributed by atoms with Crippen LogP contribution in [0, 0.1) is 5.41 Å². The molecule has 0 aromatic carbocycles. The Bertz CT molecular complexity index is 175. The summed E-state index contributed by atoms with van der Waals surface area (Å²) in [6, 6.07) is 0. The standard InChI is InChI=1S/C5H19N3OSi4/c1-2-4(8-5(6)7)13-3-9-10-11-12-13/h4,13H,2-3,10-12H2,1H3,(H4,6,7,8). The highest BCUT2D eigenvalue weighted by molar-refractivity contribution is 7.49. The molecule has 0 aromatic heterocycles. The summed E-state index contributed by atoms with van der Waals surface area (Å²) in [7, 11) is 0.0785. The Morgan fingerprint density at radius 3 is 3.08 bits per heavy atom. The highest BCUT2D eigenvalue weighted by atomic mass is 29.7. The number of nitrogens with two attached hydrogens (primary N) is 1. The van der Waals surface area contributed by atoms with Crippen LogP contribution in [0.3, 0.4) is 0 Å². The average molecular weight is 250 g/mol. The Hall–Kier alpha value is 0.0975. The Morgan fingerprint density at radius 1 is 1.85 bits per heavy atom. The van der Waals surface area contributed by atoms with Crippen LogP contribution in [0.1, 0.15) is 13.3 Å². The number of hydrogen-bond donors (Lipinski definition) is 3. The summed E-state index contributed by atoms with van der Waals surface area (Å²) in [4.78, 5) is 0. The van der Waals surface area contributed by atoms with Crippen LogP contribution in [-0.2, 0) is 4.43 Å². The summed E-state index contributed by atoms with van der Waals surface area (Å²) < 4.78 is 5.69. The second-order valence-electron chi connectivity index (χ2n) is 3.55. The van der Waals surface area contributed by atoms with Crippen molar-refractivity contribution in [3.8, 4) is 0 Å². The van der Waals surface area contributed by atoms with E-state index in [2.05, 4.69) is 12.2 Å². The molecule has 0 amide bonds. The van der Waals surface area contributed by atoms with E-state index in [4.69, 9.17) is 15.6 Å². The van der Waals surface area contributed by atoms with Crippen LogP contribution in [-0.4, -0.2) is 52.6 Å². The molecule has 0 aliphatic carbocycles. The molecule has 0 spiro atoms. The SMILES string of the molecule is CCC(NC(=N)N)[SiH]1CO[SiH2][SiH2][SiH2]1. The van der Waals surface area contributed by atoms with Crippen molar-refractivity contribution in [3.05, 3.63) is 0 Å². The fraction of sp³-hybridized carbons (Fsp3) is 0.800. The lowest BCUT2D eigenvalue weighted by atomic mass is 10.5. The predicted octanol–water partition coefficient (Wildman–Crippen LogP) is -3.67. The van der Waals surface area contributed by atoms with Crippen LogP contribution in [0.5, 0.6) is 0 Å². The maximum atomic E-state index is 7.23. The van der Waals surface area contributed by atoms with Crippen LogP contribution in [0.4, 0.5) is 0 Å². The van der Waals surface area contributed by atoms with Gasteiger partial charge in [0.2, 0.25) is 0 Å². The monoisotopic (exact) mass is 249 g/mol. The molecule has 1 aliphatic rings. The van der Waals surface area contributed by atoms with Gasteiger partial charge in [0.1, 0.15) is 9.28 Å². The summed E-state index contributed by atoms with van der Waals surface area (Å²) in [5.41, 5.74) is 5.93. The highest BCUT2D eigenvalue weighted by Gasteiger charge is 2.24. The molecule has 13 heavy (non-hydrogen) atoms. The van der Waals surface area contributed by atoms with Gasteiger partial charge in [0.05, 0.1) is 8.31 Å². The van der Waals surface area contributed by atoms with Gasteiger partial charge >= 0.3 is 0 Å². The zero-order valence-corrected chi connectivity index (χ0v) is 13.6. The van der Waals surface area contributed by atoms with E-state index in [0.29, 0.717) is 22.8 Å². The van der Waals surface area contributed by atoms with Gasteiger partial charge < -0.3 is 15.5 Å². The normalized spacial score (nSPS) is 30.7. The largest absolute Gasteiger partial charge is 0.432 e. The smallest absolute Gasteiger partial charge is 0.185 e. The second-order valence-corrected chi connectivity index (χ2v) is 28.1. The van der Waals surface area contributed by atoms with Crippen molar-refractivity contribution in [1.82, 2.24) is 5.32 Å². The first-order valence-corrected chi connectivity index (χ1v) is 18.2. The molecule has 2 unspecified atom stereocenters. The Kier molecular flexibility index (Phi) is 4.94. The first kappa shape index (κ1) is 11.2. The van der Waals surface area contributed by atoms with Crippen molar-refractivity contribution in [1.29, 1.82) is 5.41 Å². The lowest BCUT2D eigenvalue weighted by Crippen LogP contribution is -2.57. The van der Waals surface area contributed by atoms with E-state index in [1.54, 1.807) is 0 Å². The van der Waals surface area contributed by atoms with Crippen LogP contribution >= 0.6 is 0 Å². The first-order chi connectivity index (χ1) is 6.24. The molecular weight excluding hydrogens is 230 g/mol. The summed E-state index contributed by atoms with van der Waals surface area (Å²) in [6.45, 7) is 2.19. The zero-order valence-electron chi connectivity index (χ0n) is 8.18. The van der Waals surface area contributed by atoms with E-state index in [0.717, 1.165) is 12.7 Å². The third kappa shape index (κ3) is 3.77. The fourth-order valence-corrected chi connectivity index (χ4v) is 47.1. The Morgan fingerprint density at radius 2 is 2.62 bits per heavy atom. The van der Waals surface area contributed by atoms with Crippen LogP contribution in [0.15, 0.2) is 0 Å². The lowest BCUT2D eigenvalue weighted by Gasteiger charge is -2.28. The molecule has 0 aromatic rings. The topological polar surface area (TPSA) is 71.1 Å². The molecule has 0 saturated carbocycles. The van der Waals surface area contributed by atoms with Crippen molar-refractivity contribution < 1.29 is 4.43 Å². The molecule has 4 N–H and O–H groups in total. The number of hydrogen-bond acceptors (Lipinski definition) is 2. The quantitative estimate of drug-likeness (QED) is 0.274. The molecule has 8 heteroatoms. The van der Waals surface area contributed by atoms with E-state index in [1.807, 2.05) is 0 Å². The van der Waals surface area contributed by atoms with Crippen molar-refractivity contribution in [2.45, 2.75) is 19.0 Å². The molecule has 76 valence electrons. The molecule has 4 nitrogen and oxygen atoms in total. The molecule has 0 radical (unpaired) electrons. The maximum Gasteiger partial charge on any atom is 0.185 e. The minimum absolute atomic E-state index is 0.0327. The Balaban J connectivity index is 2.39. The van der Waals surface area contributed by atoms with Crippen LogP contribution in [0.25, 0.3) is 0 Å². The van der Waals surface area contributed by atoms with E-state index in [-0.39, 0.29) is 15.2 Å². The zero-order chi connectivity index (χ0) is 9.68. The summed E-state index contributed by atoms with van der Waals surface area (Å²) >= 11 is 0. The van der Waals surface area contributed by atoms with Crippen LogP contribution < -0.4 is 11.1 Å². The summed E-state index contributed by atoms with van der Waals surface area (Å²) in [5, 5.41) is 10.3. The fourth-order valence-electron chi connectivity index (χ4n) is 1.84. The summed E-state index contributed by atoms with van der Waals surface area (Å²) in [5.74, 6) is 0.151. The molecule has 1 fully saturated rings. The molecule has 1 aliphatic heterocycles. The molecule has 1 rings (SSSR count). The average Bonchev–Trinajstić information content (AvgIpc) is 2.15. The number of nitrogens with one attached hydrogen (secondary N) is 2. The van der Waals surface area contributed by atoms with Gasteiger partial charge in [0.25, 0.3) is 0 Å². The second kappa shape index (κ2) is 5.75. The van der Waals surface area contributed by atoms with E-state index < -0.39 is 8.31 Å². The molecular formula is C5H19N3OSi4. The predicted molar refractivity (Wildman–Crippen MR) is 67.9 cm³/mol. The third-order valence-corrected chi connectivity index (χ3v) is 39.0. The third-order valence-electron chi connectivity index (χ3n) is 2.55. The van der Waals surface area contributed by atoms with Crippen LogP contribution in [0.2, 0.25) is 0 Å². The van der Waals surface area contributed by atoms with Crippen molar-refractivity contribution in [2.24, 2.45) is 5.73 Å². The van der Waals surface area contributed by atoms with Gasteiger partial charge in [-0.1, -0.05) is 6.92 Å². The van der Waals surface area contributed by atoms with Crippen molar-refractivity contribution >= 4 is 40.7 Å². The minimum Gasteiger partial charge on any atom is -0.432 e. The molecule has 1 saturated heterocycles. The number of rotatable bonds is 3. The Labute approximate surface area is 87.1 Å². The van der Waals surface area contributed by atoms with Gasteiger partial charge in [-0.05, 0) is 6.42 Å². The first-order valence-electron chi connectivity index (χ1n) is 4.92. The van der Waals surface area contributed by atoms with Gasteiger partial charge in [0, 0.05) is 29.0 Å². The van der Waals surface area contributed by atoms with E-state index >= 15 is 0 Å².